The number of halogens is 1. The minimum atomic E-state index is -0.128. The Morgan fingerprint density at radius 3 is 2.50 bits per heavy atom. The highest BCUT2D eigenvalue weighted by Gasteiger charge is 2.58. The quantitative estimate of drug-likeness (QED) is 0.186. The van der Waals surface area contributed by atoms with E-state index in [1.807, 2.05) is 18.2 Å². The third-order valence-corrected chi connectivity index (χ3v) is 6.45. The fraction of sp³-hybridized carbons (Fsp3) is 0.409. The molecule has 3 N–H and O–H groups in total. The standard InChI is InChI=1S/C22H25N5O2.HI/c1-23-22(25-12-16-11-13-4-2-3-5-17(13)26-16)24-8-9-27-20(28)18-14-6-7-15(10-14)19(18)21(27)29;/h2-7,11,14-15,18-19,26H,8-10,12H2,1H3,(H2,23,24,25);1H. The molecule has 30 heavy (non-hydrogen) atoms. The minimum Gasteiger partial charge on any atom is -0.357 e. The first-order valence-electron chi connectivity index (χ1n) is 10.2. The lowest BCUT2D eigenvalue weighted by atomic mass is 9.85. The fourth-order valence-electron chi connectivity index (χ4n) is 5.10. The van der Waals surface area contributed by atoms with Crippen LogP contribution in [0.2, 0.25) is 0 Å². The van der Waals surface area contributed by atoms with Gasteiger partial charge in [-0.05, 0) is 35.8 Å². The fourth-order valence-corrected chi connectivity index (χ4v) is 5.10. The molecule has 8 heteroatoms. The number of likely N-dealkylation sites (tertiary alicyclic amines) is 1. The maximum absolute atomic E-state index is 12.7. The van der Waals surface area contributed by atoms with E-state index in [4.69, 9.17) is 0 Å². The van der Waals surface area contributed by atoms with E-state index in [1.54, 1.807) is 7.05 Å². The molecule has 1 aliphatic heterocycles. The molecule has 158 valence electrons. The molecule has 2 amide bonds. The maximum atomic E-state index is 12.7. The first kappa shape index (κ1) is 20.9. The Balaban J connectivity index is 0.00000218. The van der Waals surface area contributed by atoms with Crippen molar-refractivity contribution >= 4 is 52.7 Å². The zero-order valence-electron chi connectivity index (χ0n) is 16.8. The number of nitrogens with one attached hydrogen (secondary N) is 3. The van der Waals surface area contributed by atoms with E-state index in [-0.39, 0.29) is 59.5 Å². The van der Waals surface area contributed by atoms with Crippen molar-refractivity contribution in [2.24, 2.45) is 28.7 Å². The second-order valence-electron chi connectivity index (χ2n) is 8.06. The number of rotatable bonds is 5. The predicted octanol–water partition coefficient (Wildman–Crippen LogP) is 2.26. The Labute approximate surface area is 192 Å². The highest BCUT2D eigenvalue weighted by Crippen LogP contribution is 2.52. The molecular weight excluding hydrogens is 493 g/mol. The smallest absolute Gasteiger partial charge is 0.233 e. The van der Waals surface area contributed by atoms with Gasteiger partial charge >= 0.3 is 0 Å². The molecule has 0 spiro atoms. The minimum absolute atomic E-state index is 0. The first-order valence-corrected chi connectivity index (χ1v) is 10.2. The van der Waals surface area contributed by atoms with Crippen LogP contribution in [0.15, 0.2) is 47.5 Å². The number of carbonyl (C=O) groups excluding carboxylic acids is 2. The van der Waals surface area contributed by atoms with E-state index in [2.05, 4.69) is 44.9 Å². The van der Waals surface area contributed by atoms with Gasteiger partial charge in [0.15, 0.2) is 5.96 Å². The normalized spacial score (nSPS) is 27.0. The third-order valence-electron chi connectivity index (χ3n) is 6.45. The SMILES string of the molecule is CN=C(NCCN1C(=O)C2C3C=CC(C3)C2C1=O)NCc1cc2ccccc2[nH]1.I. The van der Waals surface area contributed by atoms with Crippen LogP contribution in [0.1, 0.15) is 12.1 Å². The molecule has 1 aromatic carbocycles. The molecule has 4 unspecified atom stereocenters. The summed E-state index contributed by atoms with van der Waals surface area (Å²) in [5.74, 6) is 0.897. The van der Waals surface area contributed by atoms with Crippen molar-refractivity contribution in [3.05, 3.63) is 48.2 Å². The number of allylic oxidation sites excluding steroid dienone is 2. The zero-order valence-corrected chi connectivity index (χ0v) is 19.1. The molecule has 2 aromatic rings. The van der Waals surface area contributed by atoms with Crippen molar-refractivity contribution in [2.75, 3.05) is 20.1 Å². The summed E-state index contributed by atoms with van der Waals surface area (Å²) >= 11 is 0. The lowest BCUT2D eigenvalue weighted by molar-refractivity contribution is -0.140. The van der Waals surface area contributed by atoms with E-state index < -0.39 is 0 Å². The van der Waals surface area contributed by atoms with Crippen LogP contribution in [0.5, 0.6) is 0 Å². The lowest BCUT2D eigenvalue weighted by Crippen LogP contribution is -2.43. The molecule has 0 radical (unpaired) electrons. The number of hydrogen-bond acceptors (Lipinski definition) is 3. The van der Waals surface area contributed by atoms with Crippen molar-refractivity contribution < 1.29 is 9.59 Å². The third kappa shape index (κ3) is 3.51. The molecule has 2 aliphatic carbocycles. The number of nitrogens with zero attached hydrogens (tertiary/aromatic N) is 2. The van der Waals surface area contributed by atoms with Crippen LogP contribution in [-0.4, -0.2) is 47.8 Å². The molecule has 1 aromatic heterocycles. The van der Waals surface area contributed by atoms with Crippen molar-refractivity contribution in [2.45, 2.75) is 13.0 Å². The van der Waals surface area contributed by atoms with Crippen LogP contribution in [-0.2, 0) is 16.1 Å². The van der Waals surface area contributed by atoms with Gasteiger partial charge in [0.05, 0.1) is 18.4 Å². The molecule has 2 fully saturated rings. The number of para-hydroxylation sites is 1. The Morgan fingerprint density at radius 2 is 1.83 bits per heavy atom. The highest BCUT2D eigenvalue weighted by molar-refractivity contribution is 14.0. The second kappa shape index (κ2) is 8.41. The van der Waals surface area contributed by atoms with Crippen LogP contribution in [0, 0.1) is 23.7 Å². The summed E-state index contributed by atoms with van der Waals surface area (Å²) < 4.78 is 0. The number of aromatic nitrogens is 1. The molecule has 1 saturated heterocycles. The molecule has 5 rings (SSSR count). The van der Waals surface area contributed by atoms with Gasteiger partial charge in [-0.1, -0.05) is 30.4 Å². The highest BCUT2D eigenvalue weighted by atomic mass is 127. The Kier molecular flexibility index (Phi) is 5.86. The summed E-state index contributed by atoms with van der Waals surface area (Å²) in [4.78, 5) is 34.5. The molecule has 7 nitrogen and oxygen atoms in total. The van der Waals surface area contributed by atoms with Gasteiger partial charge < -0.3 is 15.6 Å². The number of aromatic amines is 1. The van der Waals surface area contributed by atoms with Crippen molar-refractivity contribution in [1.29, 1.82) is 0 Å². The second-order valence-corrected chi connectivity index (χ2v) is 8.06. The maximum Gasteiger partial charge on any atom is 0.233 e. The summed E-state index contributed by atoms with van der Waals surface area (Å²) in [6, 6.07) is 10.3. The Hall–Kier alpha value is -2.36. The van der Waals surface area contributed by atoms with Gasteiger partial charge in [-0.2, -0.15) is 0 Å². The van der Waals surface area contributed by atoms with Crippen LogP contribution >= 0.6 is 24.0 Å². The van der Waals surface area contributed by atoms with Crippen molar-refractivity contribution in [3.63, 3.8) is 0 Å². The molecule has 1 saturated carbocycles. The summed E-state index contributed by atoms with van der Waals surface area (Å²) in [7, 11) is 1.71. The van der Waals surface area contributed by atoms with Crippen LogP contribution < -0.4 is 10.6 Å². The summed E-state index contributed by atoms with van der Waals surface area (Å²) in [6.45, 7) is 1.46. The number of amides is 2. The summed E-state index contributed by atoms with van der Waals surface area (Å²) in [5, 5.41) is 7.65. The number of carbonyl (C=O) groups is 2. The number of benzene rings is 1. The number of aliphatic imine (C=N–C) groups is 1. The summed E-state index contributed by atoms with van der Waals surface area (Å²) in [5.41, 5.74) is 2.17. The lowest BCUT2D eigenvalue weighted by Gasteiger charge is -2.18. The Morgan fingerprint density at radius 1 is 1.13 bits per heavy atom. The summed E-state index contributed by atoms with van der Waals surface area (Å²) in [6.07, 6.45) is 5.20. The monoisotopic (exact) mass is 519 g/mol. The van der Waals surface area contributed by atoms with E-state index in [1.165, 1.54) is 10.3 Å². The van der Waals surface area contributed by atoms with Gasteiger partial charge in [-0.3, -0.25) is 19.5 Å². The Bertz CT molecular complexity index is 966. The van der Waals surface area contributed by atoms with E-state index in [0.29, 0.717) is 25.6 Å². The molecule has 2 heterocycles. The van der Waals surface area contributed by atoms with Gasteiger partial charge in [0, 0.05) is 31.3 Å². The van der Waals surface area contributed by atoms with E-state index in [9.17, 15) is 9.59 Å². The van der Waals surface area contributed by atoms with Gasteiger partial charge in [0.25, 0.3) is 0 Å². The molecule has 2 bridgehead atoms. The van der Waals surface area contributed by atoms with Gasteiger partial charge in [-0.25, -0.2) is 0 Å². The first-order chi connectivity index (χ1) is 14.2. The van der Waals surface area contributed by atoms with Crippen LogP contribution in [0.4, 0.5) is 0 Å². The number of imide groups is 1. The number of fused-ring (bicyclic) bond motifs is 6. The number of H-pyrrole nitrogens is 1. The molecule has 3 aliphatic rings. The van der Waals surface area contributed by atoms with Gasteiger partial charge in [0.2, 0.25) is 11.8 Å². The van der Waals surface area contributed by atoms with E-state index >= 15 is 0 Å². The topological polar surface area (TPSA) is 89.6 Å². The zero-order chi connectivity index (χ0) is 20.0. The predicted molar refractivity (Wildman–Crippen MR) is 126 cm³/mol. The van der Waals surface area contributed by atoms with Gasteiger partial charge in [0.1, 0.15) is 0 Å². The van der Waals surface area contributed by atoms with Crippen LogP contribution in [0.3, 0.4) is 0 Å². The average molecular weight is 519 g/mol. The number of guanidine groups is 1. The van der Waals surface area contributed by atoms with Gasteiger partial charge in [-0.15, -0.1) is 24.0 Å². The molecular formula is C22H26IN5O2. The average Bonchev–Trinajstić information content (AvgIpc) is 3.49. The van der Waals surface area contributed by atoms with Crippen molar-refractivity contribution in [3.8, 4) is 0 Å². The number of hydrogen-bond donors (Lipinski definition) is 3. The van der Waals surface area contributed by atoms with Crippen molar-refractivity contribution in [1.82, 2.24) is 20.5 Å². The largest absolute Gasteiger partial charge is 0.357 e. The van der Waals surface area contributed by atoms with E-state index in [0.717, 1.165) is 17.6 Å². The van der Waals surface area contributed by atoms with Crippen LogP contribution in [0.25, 0.3) is 10.9 Å². The molecule has 4 atom stereocenters.